The molecule has 0 spiro atoms. The quantitative estimate of drug-likeness (QED) is 0.814. The third-order valence-electron chi connectivity index (χ3n) is 2.17. The molecular weight excluding hydrogens is 267 g/mol. The van der Waals surface area contributed by atoms with Crippen LogP contribution in [-0.2, 0) is 0 Å². The van der Waals surface area contributed by atoms with Gasteiger partial charge in [0.2, 0.25) is 0 Å². The Morgan fingerprint density at radius 2 is 1.72 bits per heavy atom. The normalized spacial score (nSPS) is 11.3. The molecular formula is C12H7ClF3NO. The number of nitrogens with zero attached hydrogens (tertiary/aromatic N) is 1. The molecule has 2 nitrogen and oxygen atoms in total. The van der Waals surface area contributed by atoms with E-state index in [1.54, 1.807) is 12.3 Å². The lowest BCUT2D eigenvalue weighted by Gasteiger charge is -2.09. The highest BCUT2D eigenvalue weighted by Crippen LogP contribution is 2.29. The molecule has 2 rings (SSSR count). The summed E-state index contributed by atoms with van der Waals surface area (Å²) in [5, 5.41) is 0.481. The van der Waals surface area contributed by atoms with Crippen LogP contribution in [0, 0.1) is 0 Å². The molecule has 1 aromatic carbocycles. The van der Waals surface area contributed by atoms with Gasteiger partial charge >= 0.3 is 6.36 Å². The summed E-state index contributed by atoms with van der Waals surface area (Å²) in [5.74, 6) is -0.272. The van der Waals surface area contributed by atoms with Gasteiger partial charge in [-0.1, -0.05) is 23.7 Å². The lowest BCUT2D eigenvalue weighted by molar-refractivity contribution is -0.274. The lowest BCUT2D eigenvalue weighted by atomic mass is 10.1. The molecule has 0 aliphatic carbocycles. The van der Waals surface area contributed by atoms with Crippen LogP contribution in [0.1, 0.15) is 0 Å². The maximum atomic E-state index is 12.0. The highest BCUT2D eigenvalue weighted by Gasteiger charge is 2.30. The van der Waals surface area contributed by atoms with Crippen LogP contribution >= 0.6 is 11.6 Å². The molecule has 1 heterocycles. The van der Waals surface area contributed by atoms with Crippen LogP contribution in [0.4, 0.5) is 13.2 Å². The Morgan fingerprint density at radius 3 is 2.28 bits per heavy atom. The van der Waals surface area contributed by atoms with E-state index in [2.05, 4.69) is 9.72 Å². The van der Waals surface area contributed by atoms with Gasteiger partial charge in [-0.15, -0.1) is 13.2 Å². The largest absolute Gasteiger partial charge is 0.573 e. The standard InChI is InChI=1S/C12H7ClF3NO/c13-11-5-6-17-7-10(11)8-1-3-9(4-2-8)18-12(14,15)16/h1-7H. The fourth-order valence-electron chi connectivity index (χ4n) is 1.43. The van der Waals surface area contributed by atoms with Crippen LogP contribution in [-0.4, -0.2) is 11.3 Å². The molecule has 18 heavy (non-hydrogen) atoms. The molecule has 0 aliphatic rings. The number of hydrogen-bond donors (Lipinski definition) is 0. The van der Waals surface area contributed by atoms with Crippen molar-refractivity contribution in [2.45, 2.75) is 6.36 Å². The SMILES string of the molecule is FC(F)(F)Oc1ccc(-c2cnccc2Cl)cc1. The van der Waals surface area contributed by atoms with Gasteiger partial charge in [0.15, 0.2) is 0 Å². The minimum Gasteiger partial charge on any atom is -0.406 e. The Balaban J connectivity index is 2.26. The molecule has 2 aromatic rings. The lowest BCUT2D eigenvalue weighted by Crippen LogP contribution is -2.16. The second-order valence-electron chi connectivity index (χ2n) is 3.43. The topological polar surface area (TPSA) is 22.1 Å². The minimum atomic E-state index is -4.69. The highest BCUT2D eigenvalue weighted by molar-refractivity contribution is 6.33. The van der Waals surface area contributed by atoms with Crippen molar-refractivity contribution in [2.24, 2.45) is 0 Å². The van der Waals surface area contributed by atoms with Crippen molar-refractivity contribution in [1.29, 1.82) is 0 Å². The summed E-state index contributed by atoms with van der Waals surface area (Å²) in [7, 11) is 0. The molecule has 1 aromatic heterocycles. The molecule has 6 heteroatoms. The summed E-state index contributed by atoms with van der Waals surface area (Å²) < 4.78 is 39.7. The molecule has 0 fully saturated rings. The zero-order valence-electron chi connectivity index (χ0n) is 8.91. The van der Waals surface area contributed by atoms with Gasteiger partial charge in [0.25, 0.3) is 0 Å². The Hall–Kier alpha value is -1.75. The maximum absolute atomic E-state index is 12.0. The van der Waals surface area contributed by atoms with Gasteiger partial charge in [-0.2, -0.15) is 0 Å². The molecule has 0 unspecified atom stereocenters. The fraction of sp³-hybridized carbons (Fsp3) is 0.0833. The van der Waals surface area contributed by atoms with E-state index in [-0.39, 0.29) is 5.75 Å². The van der Waals surface area contributed by atoms with E-state index in [0.29, 0.717) is 16.1 Å². The number of halogens is 4. The van der Waals surface area contributed by atoms with Gasteiger partial charge in [0, 0.05) is 18.0 Å². The van der Waals surface area contributed by atoms with E-state index in [0.717, 1.165) is 0 Å². The van der Waals surface area contributed by atoms with Crippen molar-refractivity contribution in [2.75, 3.05) is 0 Å². The number of benzene rings is 1. The second-order valence-corrected chi connectivity index (χ2v) is 3.83. The Kier molecular flexibility index (Phi) is 3.43. The van der Waals surface area contributed by atoms with Crippen LogP contribution in [0.3, 0.4) is 0 Å². The van der Waals surface area contributed by atoms with E-state index in [1.807, 2.05) is 0 Å². The molecule has 0 radical (unpaired) electrons. The second kappa shape index (κ2) is 4.86. The molecule has 0 saturated carbocycles. The average Bonchev–Trinajstić information content (AvgIpc) is 2.29. The summed E-state index contributed by atoms with van der Waals surface area (Å²) in [5.41, 5.74) is 1.32. The number of ether oxygens (including phenoxy) is 1. The first-order valence-corrected chi connectivity index (χ1v) is 5.29. The van der Waals surface area contributed by atoms with Gasteiger partial charge < -0.3 is 4.74 Å². The Morgan fingerprint density at radius 1 is 1.06 bits per heavy atom. The van der Waals surface area contributed by atoms with Crippen LogP contribution in [0.25, 0.3) is 11.1 Å². The van der Waals surface area contributed by atoms with Crippen molar-refractivity contribution in [1.82, 2.24) is 4.98 Å². The molecule has 0 atom stereocenters. The summed E-state index contributed by atoms with van der Waals surface area (Å²) >= 11 is 5.95. The molecule has 0 bridgehead atoms. The van der Waals surface area contributed by atoms with Crippen LogP contribution in [0.5, 0.6) is 5.75 Å². The molecule has 94 valence electrons. The van der Waals surface area contributed by atoms with Crippen molar-refractivity contribution in [3.05, 3.63) is 47.7 Å². The van der Waals surface area contributed by atoms with Gasteiger partial charge in [0.1, 0.15) is 5.75 Å². The van der Waals surface area contributed by atoms with Crippen molar-refractivity contribution >= 4 is 11.6 Å². The number of alkyl halides is 3. The number of hydrogen-bond acceptors (Lipinski definition) is 2. The fourth-order valence-corrected chi connectivity index (χ4v) is 1.64. The molecule has 0 N–H and O–H groups in total. The molecule has 0 amide bonds. The number of pyridine rings is 1. The Labute approximate surface area is 106 Å². The van der Waals surface area contributed by atoms with Crippen LogP contribution < -0.4 is 4.74 Å². The summed E-state index contributed by atoms with van der Waals surface area (Å²) in [4.78, 5) is 3.91. The first-order valence-electron chi connectivity index (χ1n) is 4.91. The van der Waals surface area contributed by atoms with Crippen molar-refractivity contribution < 1.29 is 17.9 Å². The zero-order chi connectivity index (χ0) is 13.2. The summed E-state index contributed by atoms with van der Waals surface area (Å²) in [6.07, 6.45) is -1.61. The minimum absolute atomic E-state index is 0.272. The maximum Gasteiger partial charge on any atom is 0.573 e. The highest BCUT2D eigenvalue weighted by atomic mass is 35.5. The van der Waals surface area contributed by atoms with Gasteiger partial charge in [0.05, 0.1) is 5.02 Å². The van der Waals surface area contributed by atoms with E-state index < -0.39 is 6.36 Å². The molecule has 0 aliphatic heterocycles. The predicted octanol–water partition coefficient (Wildman–Crippen LogP) is 4.30. The smallest absolute Gasteiger partial charge is 0.406 e. The third-order valence-corrected chi connectivity index (χ3v) is 2.50. The Bertz CT molecular complexity index is 540. The zero-order valence-corrected chi connectivity index (χ0v) is 9.66. The van der Waals surface area contributed by atoms with Crippen molar-refractivity contribution in [3.63, 3.8) is 0 Å². The van der Waals surface area contributed by atoms with E-state index in [9.17, 15) is 13.2 Å². The summed E-state index contributed by atoms with van der Waals surface area (Å²) in [6, 6.07) is 7.04. The van der Waals surface area contributed by atoms with E-state index in [4.69, 9.17) is 11.6 Å². The third kappa shape index (κ3) is 3.13. The van der Waals surface area contributed by atoms with Gasteiger partial charge in [-0.25, -0.2) is 0 Å². The van der Waals surface area contributed by atoms with Gasteiger partial charge in [-0.3, -0.25) is 4.98 Å². The van der Waals surface area contributed by atoms with E-state index in [1.165, 1.54) is 30.5 Å². The predicted molar refractivity (Wildman–Crippen MR) is 61.4 cm³/mol. The molecule has 0 saturated heterocycles. The monoisotopic (exact) mass is 273 g/mol. The first-order chi connectivity index (χ1) is 8.46. The summed E-state index contributed by atoms with van der Waals surface area (Å²) in [6.45, 7) is 0. The number of rotatable bonds is 2. The van der Waals surface area contributed by atoms with Gasteiger partial charge in [-0.05, 0) is 23.8 Å². The number of aromatic nitrogens is 1. The average molecular weight is 274 g/mol. The van der Waals surface area contributed by atoms with Crippen LogP contribution in [0.15, 0.2) is 42.7 Å². The van der Waals surface area contributed by atoms with Crippen LogP contribution in [0.2, 0.25) is 5.02 Å². The van der Waals surface area contributed by atoms with E-state index >= 15 is 0 Å². The first kappa shape index (κ1) is 12.7. The van der Waals surface area contributed by atoms with Crippen molar-refractivity contribution in [3.8, 4) is 16.9 Å².